The average Bonchev–Trinajstić information content (AvgIpc) is 2.42. The Hall–Kier alpha value is -1.56. The van der Waals surface area contributed by atoms with Gasteiger partial charge >= 0.3 is 0 Å². The molecule has 0 fully saturated rings. The number of alkyl halides is 2. The Balaban J connectivity index is 2.14. The molecule has 0 saturated heterocycles. The first-order valence-corrected chi connectivity index (χ1v) is 6.51. The van der Waals surface area contributed by atoms with Gasteiger partial charge in [0.2, 0.25) is 0 Å². The number of benzene rings is 2. The van der Waals surface area contributed by atoms with Crippen molar-refractivity contribution in [3.63, 3.8) is 0 Å². The zero-order valence-electron chi connectivity index (χ0n) is 10.1. The van der Waals surface area contributed by atoms with Crippen molar-refractivity contribution in [1.29, 1.82) is 0 Å². The number of anilines is 1. The van der Waals surface area contributed by atoms with Gasteiger partial charge in [0.15, 0.2) is 0 Å². The van der Waals surface area contributed by atoms with Crippen LogP contribution in [0.1, 0.15) is 5.56 Å². The lowest BCUT2D eigenvalue weighted by Crippen LogP contribution is -2.25. The van der Waals surface area contributed by atoms with Crippen LogP contribution in [0, 0.1) is 11.6 Å². The fraction of sp³-hybridized carbons (Fsp3) is 0.143. The van der Waals surface area contributed by atoms with Crippen molar-refractivity contribution in [3.05, 3.63) is 64.1 Å². The van der Waals surface area contributed by atoms with E-state index in [4.69, 9.17) is 0 Å². The van der Waals surface area contributed by atoms with Crippen LogP contribution in [0.25, 0.3) is 0 Å². The third kappa shape index (κ3) is 3.30. The highest BCUT2D eigenvalue weighted by atomic mass is 79.9. The summed E-state index contributed by atoms with van der Waals surface area (Å²) in [7, 11) is 0. The van der Waals surface area contributed by atoms with Gasteiger partial charge in [0, 0.05) is 11.6 Å². The van der Waals surface area contributed by atoms with E-state index in [0.29, 0.717) is 6.07 Å². The summed E-state index contributed by atoms with van der Waals surface area (Å²) >= 11 is 2.88. The molecule has 0 bridgehead atoms. The number of halogens is 5. The van der Waals surface area contributed by atoms with E-state index < -0.39 is 24.1 Å². The third-order valence-corrected chi connectivity index (χ3v) is 3.31. The number of nitrogens with one attached hydrogen (secondary N) is 1. The molecule has 0 atom stereocenters. The van der Waals surface area contributed by atoms with Gasteiger partial charge in [-0.3, -0.25) is 0 Å². The average molecular weight is 348 g/mol. The van der Waals surface area contributed by atoms with E-state index in [1.165, 1.54) is 24.3 Å². The predicted octanol–water partition coefficient (Wildman–Crippen LogP) is 4.93. The molecular weight excluding hydrogens is 338 g/mol. The second-order valence-electron chi connectivity index (χ2n) is 4.17. The van der Waals surface area contributed by atoms with Crippen molar-refractivity contribution in [2.75, 3.05) is 11.9 Å². The lowest BCUT2D eigenvalue weighted by atomic mass is 10.1. The van der Waals surface area contributed by atoms with Gasteiger partial charge in [0.25, 0.3) is 5.92 Å². The van der Waals surface area contributed by atoms with Gasteiger partial charge in [-0.25, -0.2) is 8.78 Å². The molecule has 1 nitrogen and oxygen atoms in total. The number of rotatable bonds is 4. The van der Waals surface area contributed by atoms with E-state index in [-0.39, 0.29) is 15.7 Å². The van der Waals surface area contributed by atoms with Crippen LogP contribution in [0.3, 0.4) is 0 Å². The summed E-state index contributed by atoms with van der Waals surface area (Å²) in [6.45, 7) is -0.786. The minimum Gasteiger partial charge on any atom is -0.376 e. The van der Waals surface area contributed by atoms with Crippen LogP contribution < -0.4 is 5.32 Å². The van der Waals surface area contributed by atoms with Gasteiger partial charge in [-0.1, -0.05) is 30.3 Å². The van der Waals surface area contributed by atoms with Gasteiger partial charge in [-0.15, -0.1) is 0 Å². The molecule has 1 N–H and O–H groups in total. The van der Waals surface area contributed by atoms with Crippen molar-refractivity contribution >= 4 is 21.6 Å². The number of hydrogen-bond donors (Lipinski definition) is 1. The van der Waals surface area contributed by atoms with Crippen molar-refractivity contribution in [2.45, 2.75) is 5.92 Å². The molecule has 106 valence electrons. The zero-order chi connectivity index (χ0) is 14.8. The highest BCUT2D eigenvalue weighted by Gasteiger charge is 2.31. The Kier molecular flexibility index (Phi) is 4.32. The monoisotopic (exact) mass is 347 g/mol. The molecule has 0 aliphatic rings. The molecule has 6 heteroatoms. The standard InChI is InChI=1S/C14H10BrF4N/c15-10-6-13(12(17)7-11(10)16)20-8-14(18,19)9-4-2-1-3-5-9/h1-7,20H,8H2. The van der Waals surface area contributed by atoms with Gasteiger partial charge in [0.1, 0.15) is 11.6 Å². The van der Waals surface area contributed by atoms with Crippen molar-refractivity contribution in [3.8, 4) is 0 Å². The van der Waals surface area contributed by atoms with E-state index in [1.54, 1.807) is 6.07 Å². The second-order valence-corrected chi connectivity index (χ2v) is 5.02. The quantitative estimate of drug-likeness (QED) is 0.610. The van der Waals surface area contributed by atoms with Gasteiger partial charge < -0.3 is 5.32 Å². The normalized spacial score (nSPS) is 11.4. The SMILES string of the molecule is Fc1cc(F)c(NCC(F)(F)c2ccccc2)cc1Br. The Morgan fingerprint density at radius 1 is 1.00 bits per heavy atom. The highest BCUT2D eigenvalue weighted by Crippen LogP contribution is 2.29. The van der Waals surface area contributed by atoms with E-state index in [2.05, 4.69) is 21.2 Å². The topological polar surface area (TPSA) is 12.0 Å². The van der Waals surface area contributed by atoms with Gasteiger partial charge in [0.05, 0.1) is 16.7 Å². The summed E-state index contributed by atoms with van der Waals surface area (Å²) in [5, 5.41) is 2.30. The predicted molar refractivity (Wildman–Crippen MR) is 72.9 cm³/mol. The molecule has 20 heavy (non-hydrogen) atoms. The lowest BCUT2D eigenvalue weighted by Gasteiger charge is -2.18. The Labute approximate surface area is 121 Å². The molecule has 2 rings (SSSR count). The molecular formula is C14H10BrF4N. The smallest absolute Gasteiger partial charge is 0.290 e. The third-order valence-electron chi connectivity index (χ3n) is 2.71. The van der Waals surface area contributed by atoms with E-state index in [0.717, 1.165) is 6.07 Å². The van der Waals surface area contributed by atoms with Crippen LogP contribution in [0.15, 0.2) is 46.9 Å². The summed E-state index contributed by atoms with van der Waals surface area (Å²) < 4.78 is 54.2. The maximum absolute atomic E-state index is 13.9. The molecule has 0 saturated carbocycles. The molecule has 0 spiro atoms. The molecule has 0 aliphatic carbocycles. The summed E-state index contributed by atoms with van der Waals surface area (Å²) in [4.78, 5) is 0. The van der Waals surface area contributed by atoms with Crippen LogP contribution in [-0.4, -0.2) is 6.54 Å². The highest BCUT2D eigenvalue weighted by molar-refractivity contribution is 9.10. The second kappa shape index (κ2) is 5.83. The van der Waals surface area contributed by atoms with E-state index in [1.807, 2.05) is 0 Å². The van der Waals surface area contributed by atoms with Crippen LogP contribution in [0.2, 0.25) is 0 Å². The minimum atomic E-state index is -3.16. The summed E-state index contributed by atoms with van der Waals surface area (Å²) in [6, 6.07) is 8.93. The lowest BCUT2D eigenvalue weighted by molar-refractivity contribution is 0.0106. The van der Waals surface area contributed by atoms with Crippen molar-refractivity contribution in [1.82, 2.24) is 0 Å². The van der Waals surface area contributed by atoms with Crippen molar-refractivity contribution in [2.24, 2.45) is 0 Å². The minimum absolute atomic E-state index is 0.00410. The van der Waals surface area contributed by atoms with E-state index in [9.17, 15) is 17.6 Å². The summed E-state index contributed by atoms with van der Waals surface area (Å²) in [5.41, 5.74) is -0.358. The first kappa shape index (κ1) is 14.8. The zero-order valence-corrected chi connectivity index (χ0v) is 11.7. The molecule has 0 amide bonds. The van der Waals surface area contributed by atoms with E-state index >= 15 is 0 Å². The van der Waals surface area contributed by atoms with Crippen LogP contribution in [-0.2, 0) is 5.92 Å². The fourth-order valence-electron chi connectivity index (χ4n) is 1.65. The summed E-state index contributed by atoms with van der Waals surface area (Å²) in [6.07, 6.45) is 0. The molecule has 0 aliphatic heterocycles. The maximum Gasteiger partial charge on any atom is 0.290 e. The summed E-state index contributed by atoms with van der Waals surface area (Å²) in [5.74, 6) is -4.87. The molecule has 2 aromatic rings. The van der Waals surface area contributed by atoms with Crippen LogP contribution >= 0.6 is 15.9 Å². The van der Waals surface area contributed by atoms with Crippen molar-refractivity contribution < 1.29 is 17.6 Å². The molecule has 0 heterocycles. The first-order chi connectivity index (χ1) is 9.40. The van der Waals surface area contributed by atoms with Gasteiger partial charge in [-0.05, 0) is 22.0 Å². The maximum atomic E-state index is 13.9. The molecule has 0 unspecified atom stereocenters. The number of hydrogen-bond acceptors (Lipinski definition) is 1. The van der Waals surface area contributed by atoms with Crippen LogP contribution in [0.5, 0.6) is 0 Å². The largest absolute Gasteiger partial charge is 0.376 e. The molecule has 0 aromatic heterocycles. The molecule has 0 radical (unpaired) electrons. The Bertz CT molecular complexity index is 602. The van der Waals surface area contributed by atoms with Crippen LogP contribution in [0.4, 0.5) is 23.2 Å². The fourth-order valence-corrected chi connectivity index (χ4v) is 1.99. The Morgan fingerprint density at radius 3 is 2.30 bits per heavy atom. The first-order valence-electron chi connectivity index (χ1n) is 5.72. The molecule has 2 aromatic carbocycles. The van der Waals surface area contributed by atoms with Gasteiger partial charge in [-0.2, -0.15) is 8.78 Å². The Morgan fingerprint density at radius 2 is 1.65 bits per heavy atom.